The number of hydrogen-bond donors (Lipinski definition) is 1. The molecule has 2 heterocycles. The number of alkyl halides is 3. The SMILES string of the molecule is CC(C)C(=O)N1C(C(=O)NCc2ccc(-c3ccco3)cc2)CN(S(=O)(=O)c2ccccc2)CC1C(F)(F)F. The van der Waals surface area contributed by atoms with E-state index >= 15 is 0 Å². The van der Waals surface area contributed by atoms with Gasteiger partial charge in [0, 0.05) is 31.1 Å². The number of halogens is 3. The van der Waals surface area contributed by atoms with Gasteiger partial charge in [0.25, 0.3) is 0 Å². The van der Waals surface area contributed by atoms with Gasteiger partial charge >= 0.3 is 6.18 Å². The fraction of sp³-hybridized carbons (Fsp3) is 0.333. The van der Waals surface area contributed by atoms with Gasteiger partial charge in [-0.05, 0) is 29.8 Å². The van der Waals surface area contributed by atoms with Gasteiger partial charge in [-0.25, -0.2) is 8.42 Å². The van der Waals surface area contributed by atoms with Gasteiger partial charge < -0.3 is 14.6 Å². The Morgan fingerprint density at radius 3 is 2.23 bits per heavy atom. The van der Waals surface area contributed by atoms with E-state index in [4.69, 9.17) is 4.42 Å². The first-order valence-electron chi connectivity index (χ1n) is 12.2. The van der Waals surface area contributed by atoms with Gasteiger partial charge in [0.1, 0.15) is 17.8 Å². The number of hydrogen-bond acceptors (Lipinski definition) is 5. The lowest BCUT2D eigenvalue weighted by atomic mass is 10.0. The fourth-order valence-corrected chi connectivity index (χ4v) is 5.88. The summed E-state index contributed by atoms with van der Waals surface area (Å²) in [5.74, 6) is -1.98. The number of amides is 2. The van der Waals surface area contributed by atoms with Crippen LogP contribution in [0.2, 0.25) is 0 Å². The summed E-state index contributed by atoms with van der Waals surface area (Å²) in [6, 6.07) is 13.3. The van der Waals surface area contributed by atoms with Crippen molar-refractivity contribution in [1.29, 1.82) is 0 Å². The number of nitrogens with zero attached hydrogens (tertiary/aromatic N) is 2. The number of sulfonamides is 1. The highest BCUT2D eigenvalue weighted by atomic mass is 32.2. The van der Waals surface area contributed by atoms with Crippen molar-refractivity contribution in [2.75, 3.05) is 13.1 Å². The highest BCUT2D eigenvalue weighted by Crippen LogP contribution is 2.34. The van der Waals surface area contributed by atoms with E-state index in [1.54, 1.807) is 42.5 Å². The maximum Gasteiger partial charge on any atom is 0.410 e. The Hall–Kier alpha value is -3.64. The molecule has 0 radical (unpaired) electrons. The summed E-state index contributed by atoms with van der Waals surface area (Å²) in [7, 11) is -4.38. The largest absolute Gasteiger partial charge is 0.464 e. The second-order valence-corrected chi connectivity index (χ2v) is 11.4. The van der Waals surface area contributed by atoms with E-state index < -0.39 is 59.1 Å². The number of carbonyl (C=O) groups is 2. The van der Waals surface area contributed by atoms with Crippen molar-refractivity contribution in [2.45, 2.75) is 43.5 Å². The van der Waals surface area contributed by atoms with Crippen molar-refractivity contribution in [2.24, 2.45) is 5.92 Å². The molecule has 208 valence electrons. The van der Waals surface area contributed by atoms with Crippen LogP contribution < -0.4 is 5.32 Å². The smallest absolute Gasteiger partial charge is 0.410 e. The van der Waals surface area contributed by atoms with Crippen LogP contribution in [-0.4, -0.2) is 60.8 Å². The molecule has 1 aliphatic rings. The lowest BCUT2D eigenvalue weighted by Gasteiger charge is -2.46. The molecule has 0 aliphatic carbocycles. The molecule has 1 aliphatic heterocycles. The Bertz CT molecular complexity index is 1390. The van der Waals surface area contributed by atoms with E-state index in [9.17, 15) is 31.2 Å². The third kappa shape index (κ3) is 6.17. The predicted molar refractivity (Wildman–Crippen MR) is 137 cm³/mol. The van der Waals surface area contributed by atoms with E-state index in [2.05, 4.69) is 5.32 Å². The highest BCUT2D eigenvalue weighted by molar-refractivity contribution is 7.89. The molecular formula is C27H28F3N3O5S. The Morgan fingerprint density at radius 1 is 1.00 bits per heavy atom. The summed E-state index contributed by atoms with van der Waals surface area (Å²) in [5, 5.41) is 2.59. The molecule has 1 fully saturated rings. The number of benzene rings is 2. The molecule has 2 unspecified atom stereocenters. The summed E-state index contributed by atoms with van der Waals surface area (Å²) in [6.45, 7) is 1.18. The second kappa shape index (κ2) is 11.2. The zero-order valence-electron chi connectivity index (χ0n) is 21.3. The molecule has 0 spiro atoms. The maximum atomic E-state index is 14.3. The average Bonchev–Trinajstić information content (AvgIpc) is 3.46. The van der Waals surface area contributed by atoms with Gasteiger partial charge in [0.15, 0.2) is 0 Å². The third-order valence-corrected chi connectivity index (χ3v) is 8.31. The van der Waals surface area contributed by atoms with Crippen LogP contribution in [0.5, 0.6) is 0 Å². The van der Waals surface area contributed by atoms with Crippen LogP contribution in [0.1, 0.15) is 19.4 Å². The van der Waals surface area contributed by atoms with E-state index in [1.165, 1.54) is 44.4 Å². The summed E-state index contributed by atoms with van der Waals surface area (Å²) in [5.41, 5.74) is 1.45. The Kier molecular flexibility index (Phi) is 8.17. The maximum absolute atomic E-state index is 14.3. The first kappa shape index (κ1) is 28.4. The Labute approximate surface area is 224 Å². The van der Waals surface area contributed by atoms with Crippen LogP contribution in [0.15, 0.2) is 82.3 Å². The number of rotatable bonds is 7. The molecule has 4 rings (SSSR count). The van der Waals surface area contributed by atoms with Gasteiger partial charge in [0.05, 0.1) is 11.2 Å². The quantitative estimate of drug-likeness (QED) is 0.468. The summed E-state index contributed by atoms with van der Waals surface area (Å²) >= 11 is 0. The normalized spacial score (nSPS) is 18.8. The van der Waals surface area contributed by atoms with Crippen LogP contribution in [0.3, 0.4) is 0 Å². The molecule has 12 heteroatoms. The lowest BCUT2D eigenvalue weighted by molar-refractivity contribution is -0.206. The lowest BCUT2D eigenvalue weighted by Crippen LogP contribution is -2.69. The van der Waals surface area contributed by atoms with Gasteiger partial charge in [-0.1, -0.05) is 56.3 Å². The fourth-order valence-electron chi connectivity index (χ4n) is 4.40. The van der Waals surface area contributed by atoms with Gasteiger partial charge in [-0.15, -0.1) is 0 Å². The van der Waals surface area contributed by atoms with E-state index in [0.29, 0.717) is 20.5 Å². The van der Waals surface area contributed by atoms with Crippen molar-refractivity contribution >= 4 is 21.8 Å². The molecule has 1 N–H and O–H groups in total. The van der Waals surface area contributed by atoms with Gasteiger partial charge in [0.2, 0.25) is 21.8 Å². The minimum atomic E-state index is -4.98. The van der Waals surface area contributed by atoms with Crippen LogP contribution in [0.25, 0.3) is 11.3 Å². The molecule has 0 saturated carbocycles. The van der Waals surface area contributed by atoms with E-state index in [1.807, 2.05) is 0 Å². The topological polar surface area (TPSA) is 99.9 Å². The van der Waals surface area contributed by atoms with Crippen molar-refractivity contribution in [3.63, 3.8) is 0 Å². The van der Waals surface area contributed by atoms with Crippen LogP contribution in [-0.2, 0) is 26.2 Å². The molecule has 1 aromatic heterocycles. The standard InChI is InChI=1S/C27H28F3N3O5S/c1-18(2)26(35)33-22(25(34)31-15-19-10-12-20(13-11-19)23-9-6-14-38-23)16-32(17-24(33)27(28,29)30)39(36,37)21-7-4-3-5-8-21/h3-14,18,22,24H,15-17H2,1-2H3,(H,31,34). The van der Waals surface area contributed by atoms with Crippen molar-refractivity contribution in [3.05, 3.63) is 78.6 Å². The number of furan rings is 1. The summed E-state index contributed by atoms with van der Waals surface area (Å²) in [6.07, 6.45) is -3.44. The molecular weight excluding hydrogens is 535 g/mol. The monoisotopic (exact) mass is 563 g/mol. The molecule has 39 heavy (non-hydrogen) atoms. The first-order valence-corrected chi connectivity index (χ1v) is 13.7. The van der Waals surface area contributed by atoms with E-state index in [-0.39, 0.29) is 11.4 Å². The minimum Gasteiger partial charge on any atom is -0.464 e. The van der Waals surface area contributed by atoms with Crippen molar-refractivity contribution in [1.82, 2.24) is 14.5 Å². The second-order valence-electron chi connectivity index (χ2n) is 9.50. The summed E-state index contributed by atoms with van der Waals surface area (Å²) in [4.78, 5) is 26.6. The van der Waals surface area contributed by atoms with E-state index in [0.717, 1.165) is 5.56 Å². The first-order chi connectivity index (χ1) is 18.4. The Balaban J connectivity index is 1.62. The zero-order valence-corrected chi connectivity index (χ0v) is 22.1. The number of nitrogens with one attached hydrogen (secondary N) is 1. The summed E-state index contributed by atoms with van der Waals surface area (Å²) < 4.78 is 75.3. The Morgan fingerprint density at radius 2 is 1.67 bits per heavy atom. The van der Waals surface area contributed by atoms with Crippen molar-refractivity contribution < 1.29 is 35.6 Å². The molecule has 2 amide bonds. The zero-order chi connectivity index (χ0) is 28.4. The molecule has 1 saturated heterocycles. The van der Waals surface area contributed by atoms with Gasteiger partial charge in [-0.3, -0.25) is 9.59 Å². The van der Waals surface area contributed by atoms with Crippen molar-refractivity contribution in [3.8, 4) is 11.3 Å². The van der Waals surface area contributed by atoms with Gasteiger partial charge in [-0.2, -0.15) is 17.5 Å². The van der Waals surface area contributed by atoms with Crippen LogP contribution >= 0.6 is 0 Å². The van der Waals surface area contributed by atoms with Crippen LogP contribution in [0, 0.1) is 5.92 Å². The molecule has 0 bridgehead atoms. The molecule has 2 atom stereocenters. The molecule has 2 aromatic carbocycles. The van der Waals surface area contributed by atoms with Crippen LogP contribution in [0.4, 0.5) is 13.2 Å². The minimum absolute atomic E-state index is 0.0421. The molecule has 3 aromatic rings. The highest BCUT2D eigenvalue weighted by Gasteiger charge is 2.55. The molecule has 8 nitrogen and oxygen atoms in total. The number of piperazine rings is 1. The third-order valence-electron chi connectivity index (χ3n) is 6.46. The average molecular weight is 564 g/mol. The number of carbonyl (C=O) groups excluding carboxylic acids is 2. The predicted octanol–water partition coefficient (Wildman–Crippen LogP) is 4.05.